The lowest BCUT2D eigenvalue weighted by atomic mass is 10.1. The van der Waals surface area contributed by atoms with Gasteiger partial charge in [-0.25, -0.2) is 4.98 Å². The number of anilines is 1. The molecule has 3 rings (SSSR count). The molecule has 0 saturated carbocycles. The molecule has 0 aliphatic carbocycles. The first-order chi connectivity index (χ1) is 13.5. The minimum absolute atomic E-state index is 0.0259. The number of benzene rings is 2. The zero-order chi connectivity index (χ0) is 19.9. The molecule has 1 aromatic heterocycles. The van der Waals surface area contributed by atoms with E-state index < -0.39 is 0 Å². The van der Waals surface area contributed by atoms with Crippen LogP contribution in [0.4, 0.5) is 5.82 Å². The van der Waals surface area contributed by atoms with Gasteiger partial charge in [-0.1, -0.05) is 60.7 Å². The summed E-state index contributed by atoms with van der Waals surface area (Å²) in [6, 6.07) is 24.4. The summed E-state index contributed by atoms with van der Waals surface area (Å²) in [4.78, 5) is 21.3. The van der Waals surface area contributed by atoms with Gasteiger partial charge in [0, 0.05) is 32.4 Å². The maximum Gasteiger partial charge on any atom is 0.255 e. The first-order valence-electron chi connectivity index (χ1n) is 9.60. The van der Waals surface area contributed by atoms with Gasteiger partial charge in [-0.3, -0.25) is 4.79 Å². The van der Waals surface area contributed by atoms with Crippen LogP contribution in [0.1, 0.15) is 35.3 Å². The first-order valence-corrected chi connectivity index (χ1v) is 9.60. The second-order valence-corrected chi connectivity index (χ2v) is 7.26. The van der Waals surface area contributed by atoms with Crippen LogP contribution in [0.15, 0.2) is 79.0 Å². The molecule has 28 heavy (non-hydrogen) atoms. The van der Waals surface area contributed by atoms with Gasteiger partial charge in [0.15, 0.2) is 0 Å². The fourth-order valence-electron chi connectivity index (χ4n) is 3.14. The summed E-state index contributed by atoms with van der Waals surface area (Å²) in [5, 5.41) is 0. The highest BCUT2D eigenvalue weighted by Gasteiger charge is 2.16. The van der Waals surface area contributed by atoms with Crippen LogP contribution in [0.2, 0.25) is 0 Å². The van der Waals surface area contributed by atoms with Crippen molar-refractivity contribution in [2.45, 2.75) is 33.0 Å². The molecule has 0 radical (unpaired) electrons. The van der Waals surface area contributed by atoms with Crippen LogP contribution in [-0.2, 0) is 13.1 Å². The molecule has 2 aromatic carbocycles. The molecule has 0 fully saturated rings. The number of aromatic nitrogens is 1. The number of rotatable bonds is 7. The van der Waals surface area contributed by atoms with Crippen LogP contribution in [0, 0.1) is 0 Å². The molecule has 0 aliphatic rings. The van der Waals surface area contributed by atoms with E-state index in [4.69, 9.17) is 0 Å². The van der Waals surface area contributed by atoms with E-state index in [0.29, 0.717) is 18.2 Å². The number of hydrogen-bond donors (Lipinski definition) is 0. The highest BCUT2D eigenvalue weighted by molar-refractivity contribution is 5.93. The van der Waals surface area contributed by atoms with Crippen molar-refractivity contribution in [2.75, 3.05) is 11.9 Å². The van der Waals surface area contributed by atoms with Gasteiger partial charge < -0.3 is 9.80 Å². The van der Waals surface area contributed by atoms with E-state index in [2.05, 4.69) is 35.9 Å². The standard InChI is InChI=1S/C24H27N3O/c1-19(2)27(18-21-12-8-5-9-13-21)23-15-14-22(16-25-23)24(28)26(3)17-20-10-6-4-7-11-20/h4-16,19H,17-18H2,1-3H3. The molecule has 0 spiro atoms. The number of hydrogen-bond acceptors (Lipinski definition) is 3. The SMILES string of the molecule is CC(C)N(Cc1ccccc1)c1ccc(C(=O)N(C)Cc2ccccc2)cn1. The van der Waals surface area contributed by atoms with E-state index in [1.807, 2.05) is 67.7 Å². The molecular formula is C24H27N3O. The summed E-state index contributed by atoms with van der Waals surface area (Å²) in [7, 11) is 1.82. The van der Waals surface area contributed by atoms with Crippen LogP contribution in [-0.4, -0.2) is 28.9 Å². The number of pyridine rings is 1. The van der Waals surface area contributed by atoms with Gasteiger partial charge in [-0.2, -0.15) is 0 Å². The molecule has 1 amide bonds. The predicted molar refractivity (Wildman–Crippen MR) is 114 cm³/mol. The third-order valence-electron chi connectivity index (χ3n) is 4.72. The molecule has 0 unspecified atom stereocenters. The molecule has 4 heteroatoms. The Morgan fingerprint density at radius 3 is 1.93 bits per heavy atom. The Labute approximate surface area is 167 Å². The zero-order valence-corrected chi connectivity index (χ0v) is 16.7. The van der Waals surface area contributed by atoms with Gasteiger partial charge >= 0.3 is 0 Å². The summed E-state index contributed by atoms with van der Waals surface area (Å²) >= 11 is 0. The smallest absolute Gasteiger partial charge is 0.255 e. The van der Waals surface area contributed by atoms with E-state index in [1.165, 1.54) is 5.56 Å². The van der Waals surface area contributed by atoms with Crippen molar-refractivity contribution in [3.63, 3.8) is 0 Å². The van der Waals surface area contributed by atoms with E-state index >= 15 is 0 Å². The molecule has 144 valence electrons. The lowest BCUT2D eigenvalue weighted by molar-refractivity contribution is 0.0784. The highest BCUT2D eigenvalue weighted by atomic mass is 16.2. The fourth-order valence-corrected chi connectivity index (χ4v) is 3.14. The van der Waals surface area contributed by atoms with E-state index in [1.54, 1.807) is 11.1 Å². The Bertz CT molecular complexity index is 877. The van der Waals surface area contributed by atoms with Gasteiger partial charge in [0.25, 0.3) is 5.91 Å². The van der Waals surface area contributed by atoms with E-state index in [-0.39, 0.29) is 5.91 Å². The summed E-state index contributed by atoms with van der Waals surface area (Å²) in [5.41, 5.74) is 2.95. The van der Waals surface area contributed by atoms with Crippen molar-refractivity contribution < 1.29 is 4.79 Å². The number of carbonyl (C=O) groups excluding carboxylic acids is 1. The highest BCUT2D eigenvalue weighted by Crippen LogP contribution is 2.19. The predicted octanol–water partition coefficient (Wildman–Crippen LogP) is 4.77. The molecule has 0 N–H and O–H groups in total. The number of carbonyl (C=O) groups is 1. The largest absolute Gasteiger partial charge is 0.350 e. The minimum atomic E-state index is -0.0259. The van der Waals surface area contributed by atoms with Crippen molar-refractivity contribution in [3.8, 4) is 0 Å². The molecule has 4 nitrogen and oxygen atoms in total. The van der Waals surface area contributed by atoms with E-state index in [0.717, 1.165) is 17.9 Å². The summed E-state index contributed by atoms with van der Waals surface area (Å²) in [6.07, 6.45) is 1.68. The van der Waals surface area contributed by atoms with E-state index in [9.17, 15) is 4.79 Å². The van der Waals surface area contributed by atoms with Crippen LogP contribution >= 0.6 is 0 Å². The maximum atomic E-state index is 12.7. The topological polar surface area (TPSA) is 36.4 Å². The Morgan fingerprint density at radius 2 is 1.43 bits per heavy atom. The lowest BCUT2D eigenvalue weighted by Crippen LogP contribution is -2.31. The molecule has 0 bridgehead atoms. The first kappa shape index (κ1) is 19.6. The van der Waals surface area contributed by atoms with Gasteiger partial charge in [0.2, 0.25) is 0 Å². The minimum Gasteiger partial charge on any atom is -0.350 e. The molecular weight excluding hydrogens is 346 g/mol. The summed E-state index contributed by atoms with van der Waals surface area (Å²) < 4.78 is 0. The second kappa shape index (κ2) is 9.18. The van der Waals surface area contributed by atoms with Gasteiger partial charge in [0.1, 0.15) is 5.82 Å². The van der Waals surface area contributed by atoms with Crippen molar-refractivity contribution >= 4 is 11.7 Å². The van der Waals surface area contributed by atoms with Crippen LogP contribution in [0.5, 0.6) is 0 Å². The average molecular weight is 374 g/mol. The molecule has 0 atom stereocenters. The summed E-state index contributed by atoms with van der Waals surface area (Å²) in [6.45, 7) is 5.66. The van der Waals surface area contributed by atoms with Crippen molar-refractivity contribution in [2.24, 2.45) is 0 Å². The Balaban J connectivity index is 1.71. The van der Waals surface area contributed by atoms with Crippen LogP contribution in [0.25, 0.3) is 0 Å². The number of amides is 1. The van der Waals surface area contributed by atoms with Crippen molar-refractivity contribution in [1.82, 2.24) is 9.88 Å². The third kappa shape index (κ3) is 4.97. The molecule has 1 heterocycles. The van der Waals surface area contributed by atoms with Crippen molar-refractivity contribution in [1.29, 1.82) is 0 Å². The quantitative estimate of drug-likeness (QED) is 0.599. The normalized spacial score (nSPS) is 10.7. The molecule has 3 aromatic rings. The Kier molecular flexibility index (Phi) is 6.43. The third-order valence-corrected chi connectivity index (χ3v) is 4.72. The van der Waals surface area contributed by atoms with Crippen molar-refractivity contribution in [3.05, 3.63) is 95.7 Å². The molecule has 0 saturated heterocycles. The van der Waals surface area contributed by atoms with Crippen LogP contribution < -0.4 is 4.90 Å². The number of nitrogens with zero attached hydrogens (tertiary/aromatic N) is 3. The monoisotopic (exact) mass is 373 g/mol. The van der Waals surface area contributed by atoms with Crippen LogP contribution in [0.3, 0.4) is 0 Å². The average Bonchev–Trinajstić information content (AvgIpc) is 2.73. The second-order valence-electron chi connectivity index (χ2n) is 7.26. The zero-order valence-electron chi connectivity index (χ0n) is 16.7. The van der Waals surface area contributed by atoms with Gasteiger partial charge in [-0.05, 0) is 37.1 Å². The summed E-state index contributed by atoms with van der Waals surface area (Å²) in [5.74, 6) is 0.850. The van der Waals surface area contributed by atoms with Gasteiger partial charge in [-0.15, -0.1) is 0 Å². The van der Waals surface area contributed by atoms with Gasteiger partial charge in [0.05, 0.1) is 5.56 Å². The Hall–Kier alpha value is -3.14. The molecule has 0 aliphatic heterocycles. The lowest BCUT2D eigenvalue weighted by Gasteiger charge is -2.28. The Morgan fingerprint density at radius 1 is 0.857 bits per heavy atom. The maximum absolute atomic E-state index is 12.7. The fraction of sp³-hybridized carbons (Fsp3) is 0.250.